The highest BCUT2D eigenvalue weighted by Crippen LogP contribution is 2.25. The first-order valence-corrected chi connectivity index (χ1v) is 14.6. The van der Waals surface area contributed by atoms with Crippen LogP contribution in [-0.4, -0.2) is 50.5 Å². The Morgan fingerprint density at radius 2 is 1.61 bits per heavy atom. The van der Waals surface area contributed by atoms with Gasteiger partial charge in [0.1, 0.15) is 12.6 Å². The molecule has 9 heteroatoms. The highest BCUT2D eigenvalue weighted by molar-refractivity contribution is 7.92. The number of nitrogens with zero attached hydrogens (tertiary/aromatic N) is 2. The molecule has 1 N–H and O–H groups in total. The highest BCUT2D eigenvalue weighted by atomic mass is 35.5. The molecule has 0 aliphatic carbocycles. The smallest absolute Gasteiger partial charge is 0.244 e. The molecule has 2 amide bonds. The Morgan fingerprint density at radius 3 is 2.21 bits per heavy atom. The van der Waals surface area contributed by atoms with Crippen molar-refractivity contribution in [3.8, 4) is 0 Å². The molecule has 3 aromatic rings. The number of likely N-dealkylation sites (N-methyl/N-ethyl adjacent to an activating group) is 1. The van der Waals surface area contributed by atoms with Gasteiger partial charge in [-0.2, -0.15) is 0 Å². The maximum Gasteiger partial charge on any atom is 0.244 e. The standard InChI is InChI=1S/C29H34ClN3O4S/c1-5-31-29(35)27(18-23-9-7-6-8-10-23)32(19-24-13-15-25(30)16-14-24)28(34)20-33(38(4,36)37)26-17-21(2)11-12-22(26)3/h6-17,27H,5,18-20H2,1-4H3,(H,31,35)/t27-/m1/s1. The summed E-state index contributed by atoms with van der Waals surface area (Å²) in [5.74, 6) is -0.797. The minimum Gasteiger partial charge on any atom is -0.355 e. The number of halogens is 1. The zero-order chi connectivity index (χ0) is 27.9. The predicted molar refractivity (Wildman–Crippen MR) is 153 cm³/mol. The Balaban J connectivity index is 2.06. The molecule has 3 aromatic carbocycles. The number of hydrogen-bond acceptors (Lipinski definition) is 4. The third-order valence-corrected chi connectivity index (χ3v) is 7.58. The zero-order valence-electron chi connectivity index (χ0n) is 22.1. The first-order valence-electron chi connectivity index (χ1n) is 12.4. The maximum atomic E-state index is 14.0. The third kappa shape index (κ3) is 7.82. The van der Waals surface area contributed by atoms with Gasteiger partial charge in [-0.1, -0.05) is 66.2 Å². The number of carbonyl (C=O) groups is 2. The van der Waals surface area contributed by atoms with Crippen LogP contribution < -0.4 is 9.62 Å². The summed E-state index contributed by atoms with van der Waals surface area (Å²) in [4.78, 5) is 28.8. The second-order valence-corrected chi connectivity index (χ2v) is 11.7. The van der Waals surface area contributed by atoms with Crippen LogP contribution in [-0.2, 0) is 32.6 Å². The number of benzene rings is 3. The van der Waals surface area contributed by atoms with E-state index >= 15 is 0 Å². The van der Waals surface area contributed by atoms with E-state index in [-0.39, 0.29) is 18.9 Å². The molecule has 1 atom stereocenters. The molecule has 0 aromatic heterocycles. The largest absolute Gasteiger partial charge is 0.355 e. The van der Waals surface area contributed by atoms with Crippen LogP contribution in [0.2, 0.25) is 5.02 Å². The highest BCUT2D eigenvalue weighted by Gasteiger charge is 2.33. The second-order valence-electron chi connectivity index (χ2n) is 9.31. The molecule has 0 saturated carbocycles. The van der Waals surface area contributed by atoms with Gasteiger partial charge < -0.3 is 10.2 Å². The molecule has 0 unspecified atom stereocenters. The van der Waals surface area contributed by atoms with E-state index < -0.39 is 28.5 Å². The Kier molecular flexibility index (Phi) is 9.94. The van der Waals surface area contributed by atoms with Gasteiger partial charge in [-0.25, -0.2) is 8.42 Å². The summed E-state index contributed by atoms with van der Waals surface area (Å²) in [6.07, 6.45) is 1.35. The number of sulfonamides is 1. The third-order valence-electron chi connectivity index (χ3n) is 6.20. The van der Waals surface area contributed by atoms with Crippen molar-refractivity contribution in [2.24, 2.45) is 0 Å². The average molecular weight is 556 g/mol. The van der Waals surface area contributed by atoms with E-state index in [0.717, 1.165) is 32.8 Å². The summed E-state index contributed by atoms with van der Waals surface area (Å²) in [5, 5.41) is 3.39. The van der Waals surface area contributed by atoms with Crippen LogP contribution in [0.4, 0.5) is 5.69 Å². The van der Waals surface area contributed by atoms with Gasteiger partial charge in [0.25, 0.3) is 0 Å². The topological polar surface area (TPSA) is 86.8 Å². The number of carbonyl (C=O) groups excluding carboxylic acids is 2. The fourth-order valence-corrected chi connectivity index (χ4v) is 5.24. The van der Waals surface area contributed by atoms with Crippen molar-refractivity contribution in [2.45, 2.75) is 39.8 Å². The lowest BCUT2D eigenvalue weighted by molar-refractivity contribution is -0.140. The number of anilines is 1. The van der Waals surface area contributed by atoms with Gasteiger partial charge in [-0.05, 0) is 61.2 Å². The molecule has 0 bridgehead atoms. The van der Waals surface area contributed by atoms with Gasteiger partial charge in [-0.3, -0.25) is 13.9 Å². The van der Waals surface area contributed by atoms with Crippen molar-refractivity contribution in [3.05, 3.63) is 100 Å². The van der Waals surface area contributed by atoms with Crippen molar-refractivity contribution >= 4 is 39.1 Å². The predicted octanol–water partition coefficient (Wildman–Crippen LogP) is 4.50. The molecule has 0 saturated heterocycles. The lowest BCUT2D eigenvalue weighted by Crippen LogP contribution is -2.53. The molecule has 0 aliphatic rings. The van der Waals surface area contributed by atoms with Crippen LogP contribution in [0.15, 0.2) is 72.8 Å². The van der Waals surface area contributed by atoms with E-state index in [0.29, 0.717) is 17.3 Å². The molecule has 0 spiro atoms. The van der Waals surface area contributed by atoms with Crippen molar-refractivity contribution in [3.63, 3.8) is 0 Å². The van der Waals surface area contributed by atoms with Gasteiger partial charge in [0.15, 0.2) is 0 Å². The van der Waals surface area contributed by atoms with Crippen molar-refractivity contribution in [2.75, 3.05) is 23.7 Å². The summed E-state index contributed by atoms with van der Waals surface area (Å²) >= 11 is 6.07. The minimum atomic E-state index is -3.81. The van der Waals surface area contributed by atoms with Crippen LogP contribution in [0.1, 0.15) is 29.2 Å². The fraction of sp³-hybridized carbons (Fsp3) is 0.310. The Morgan fingerprint density at radius 1 is 0.947 bits per heavy atom. The summed E-state index contributed by atoms with van der Waals surface area (Å²) in [5.41, 5.74) is 3.68. The van der Waals surface area contributed by atoms with Gasteiger partial charge >= 0.3 is 0 Å². The molecular weight excluding hydrogens is 522 g/mol. The number of rotatable bonds is 11. The molecule has 202 valence electrons. The molecule has 3 rings (SSSR count). The van der Waals surface area contributed by atoms with E-state index in [2.05, 4.69) is 5.32 Å². The van der Waals surface area contributed by atoms with Crippen molar-refractivity contribution in [1.29, 1.82) is 0 Å². The average Bonchev–Trinajstić information content (AvgIpc) is 2.87. The van der Waals surface area contributed by atoms with Crippen LogP contribution in [0.5, 0.6) is 0 Å². The maximum absolute atomic E-state index is 14.0. The Labute approximate surface area is 230 Å². The number of nitrogens with one attached hydrogen (secondary N) is 1. The van der Waals surface area contributed by atoms with Crippen LogP contribution in [0.3, 0.4) is 0 Å². The van der Waals surface area contributed by atoms with E-state index in [4.69, 9.17) is 11.6 Å². The lowest BCUT2D eigenvalue weighted by Gasteiger charge is -2.33. The molecule has 0 aliphatic heterocycles. The second kappa shape index (κ2) is 12.9. The van der Waals surface area contributed by atoms with Gasteiger partial charge in [-0.15, -0.1) is 0 Å². The number of hydrogen-bond donors (Lipinski definition) is 1. The van der Waals surface area contributed by atoms with Crippen LogP contribution in [0.25, 0.3) is 0 Å². The molecule has 0 fully saturated rings. The molecule has 0 heterocycles. The minimum absolute atomic E-state index is 0.106. The molecular formula is C29H34ClN3O4S. The van der Waals surface area contributed by atoms with Gasteiger partial charge in [0.2, 0.25) is 21.8 Å². The van der Waals surface area contributed by atoms with E-state index in [1.165, 1.54) is 4.90 Å². The summed E-state index contributed by atoms with van der Waals surface area (Å²) in [7, 11) is -3.81. The lowest BCUT2D eigenvalue weighted by atomic mass is 10.0. The van der Waals surface area contributed by atoms with Gasteiger partial charge in [0.05, 0.1) is 11.9 Å². The monoisotopic (exact) mass is 555 g/mol. The summed E-state index contributed by atoms with van der Waals surface area (Å²) in [6, 6.07) is 21.1. The summed E-state index contributed by atoms with van der Waals surface area (Å²) in [6.45, 7) is 5.54. The Hall–Kier alpha value is -3.36. The first-order chi connectivity index (χ1) is 18.0. The van der Waals surface area contributed by atoms with Crippen LogP contribution in [0, 0.1) is 13.8 Å². The molecule has 7 nitrogen and oxygen atoms in total. The van der Waals surface area contributed by atoms with E-state index in [9.17, 15) is 18.0 Å². The molecule has 0 radical (unpaired) electrons. The first kappa shape index (κ1) is 29.2. The normalized spacial score (nSPS) is 12.0. The SMILES string of the molecule is CCNC(=O)[C@@H](Cc1ccccc1)N(Cc1ccc(Cl)cc1)C(=O)CN(c1cc(C)ccc1C)S(C)(=O)=O. The number of aryl methyl sites for hydroxylation is 2. The van der Waals surface area contributed by atoms with Gasteiger partial charge in [0, 0.05) is 24.5 Å². The Bertz CT molecular complexity index is 1360. The van der Waals surface area contributed by atoms with E-state index in [1.807, 2.05) is 56.3 Å². The summed E-state index contributed by atoms with van der Waals surface area (Å²) < 4.78 is 26.9. The van der Waals surface area contributed by atoms with Crippen molar-refractivity contribution in [1.82, 2.24) is 10.2 Å². The van der Waals surface area contributed by atoms with Crippen molar-refractivity contribution < 1.29 is 18.0 Å². The van der Waals surface area contributed by atoms with E-state index in [1.54, 1.807) is 37.3 Å². The number of amides is 2. The fourth-order valence-electron chi connectivity index (χ4n) is 4.22. The molecule has 38 heavy (non-hydrogen) atoms. The zero-order valence-corrected chi connectivity index (χ0v) is 23.7. The quantitative estimate of drug-likeness (QED) is 0.377. The van der Waals surface area contributed by atoms with Crippen LogP contribution >= 0.6 is 11.6 Å².